The summed E-state index contributed by atoms with van der Waals surface area (Å²) in [6, 6.07) is 16.1. The summed E-state index contributed by atoms with van der Waals surface area (Å²) in [5, 5.41) is 2.90. The Kier molecular flexibility index (Phi) is 6.89. The van der Waals surface area contributed by atoms with Gasteiger partial charge in [0.25, 0.3) is 0 Å². The fourth-order valence-electron chi connectivity index (χ4n) is 3.40. The number of benzene rings is 2. The van der Waals surface area contributed by atoms with Crippen LogP contribution in [0.3, 0.4) is 0 Å². The zero-order valence-electron chi connectivity index (χ0n) is 16.7. The molecule has 1 N–H and O–H groups in total. The van der Waals surface area contributed by atoms with Crippen molar-refractivity contribution in [2.45, 2.75) is 18.7 Å². The average Bonchev–Trinajstić information content (AvgIpc) is 2.74. The molecule has 1 unspecified atom stereocenters. The van der Waals surface area contributed by atoms with Crippen molar-refractivity contribution in [3.05, 3.63) is 60.2 Å². The number of piperazine rings is 1. The predicted molar refractivity (Wildman–Crippen MR) is 113 cm³/mol. The van der Waals surface area contributed by atoms with Crippen LogP contribution in [0.4, 0.5) is 5.69 Å². The second kappa shape index (κ2) is 9.39. The van der Waals surface area contributed by atoms with Crippen LogP contribution in [-0.4, -0.2) is 62.9 Å². The van der Waals surface area contributed by atoms with E-state index in [1.807, 2.05) is 54.3 Å². The standard InChI is InChI=1S/C21H27N3O4S/c1-17(21(25)22-19-10-6-7-11-20(19)28-2)23-12-14-24(15-13-23)29(26,27)16-18-8-4-3-5-9-18/h3-11,17H,12-16H2,1-2H3,(H,22,25). The van der Waals surface area contributed by atoms with Crippen molar-refractivity contribution in [2.24, 2.45) is 0 Å². The first kappa shape index (κ1) is 21.3. The summed E-state index contributed by atoms with van der Waals surface area (Å²) in [5.74, 6) is 0.456. The van der Waals surface area contributed by atoms with Crippen LogP contribution in [0, 0.1) is 0 Å². The second-order valence-corrected chi connectivity index (χ2v) is 9.01. The van der Waals surface area contributed by atoms with E-state index in [-0.39, 0.29) is 17.7 Å². The first-order chi connectivity index (χ1) is 13.9. The number of carbonyl (C=O) groups is 1. The lowest BCUT2D eigenvalue weighted by Crippen LogP contribution is -2.54. The van der Waals surface area contributed by atoms with Crippen LogP contribution in [0.15, 0.2) is 54.6 Å². The van der Waals surface area contributed by atoms with Crippen molar-refractivity contribution in [1.29, 1.82) is 0 Å². The van der Waals surface area contributed by atoms with E-state index in [2.05, 4.69) is 5.32 Å². The van der Waals surface area contributed by atoms with Crippen LogP contribution in [0.5, 0.6) is 5.75 Å². The summed E-state index contributed by atoms with van der Waals surface area (Å²) in [4.78, 5) is 14.7. The highest BCUT2D eigenvalue weighted by molar-refractivity contribution is 7.88. The van der Waals surface area contributed by atoms with E-state index in [0.717, 1.165) is 5.56 Å². The molecule has 0 bridgehead atoms. The van der Waals surface area contributed by atoms with Crippen LogP contribution in [0.2, 0.25) is 0 Å². The van der Waals surface area contributed by atoms with Crippen LogP contribution in [0.25, 0.3) is 0 Å². The number of anilines is 1. The SMILES string of the molecule is COc1ccccc1NC(=O)C(C)N1CCN(S(=O)(=O)Cc2ccccc2)CC1. The molecule has 1 atom stereocenters. The van der Waals surface area contributed by atoms with Gasteiger partial charge in [-0.2, -0.15) is 4.31 Å². The van der Waals surface area contributed by atoms with Crippen LogP contribution in [-0.2, 0) is 20.6 Å². The van der Waals surface area contributed by atoms with Crippen LogP contribution < -0.4 is 10.1 Å². The number of nitrogens with one attached hydrogen (secondary N) is 1. The molecular weight excluding hydrogens is 390 g/mol. The molecule has 0 aromatic heterocycles. The van der Waals surface area contributed by atoms with Gasteiger partial charge in [-0.25, -0.2) is 8.42 Å². The quantitative estimate of drug-likeness (QED) is 0.747. The van der Waals surface area contributed by atoms with E-state index < -0.39 is 10.0 Å². The van der Waals surface area contributed by atoms with Gasteiger partial charge in [-0.05, 0) is 24.6 Å². The molecule has 1 aliphatic rings. The summed E-state index contributed by atoms with van der Waals surface area (Å²) in [6.45, 7) is 3.60. The molecule has 8 heteroatoms. The first-order valence-corrected chi connectivity index (χ1v) is 11.2. The van der Waals surface area contributed by atoms with Gasteiger partial charge in [0.1, 0.15) is 5.75 Å². The molecule has 29 heavy (non-hydrogen) atoms. The Morgan fingerprint density at radius 2 is 1.66 bits per heavy atom. The van der Waals surface area contributed by atoms with Gasteiger partial charge in [0.05, 0.1) is 24.6 Å². The molecule has 1 saturated heterocycles. The van der Waals surface area contributed by atoms with Crippen molar-refractivity contribution in [1.82, 2.24) is 9.21 Å². The number of ether oxygens (including phenoxy) is 1. The third-order valence-electron chi connectivity index (χ3n) is 5.15. The lowest BCUT2D eigenvalue weighted by Gasteiger charge is -2.36. The number of sulfonamides is 1. The Bertz CT molecular complexity index is 926. The van der Waals surface area contributed by atoms with Gasteiger partial charge in [0.2, 0.25) is 15.9 Å². The van der Waals surface area contributed by atoms with Gasteiger partial charge in [-0.1, -0.05) is 42.5 Å². The highest BCUT2D eigenvalue weighted by Gasteiger charge is 2.31. The average molecular weight is 418 g/mol. The van der Waals surface area contributed by atoms with Crippen LogP contribution >= 0.6 is 0 Å². The Morgan fingerprint density at radius 3 is 2.31 bits per heavy atom. The number of nitrogens with zero attached hydrogens (tertiary/aromatic N) is 2. The number of amides is 1. The normalized spacial score (nSPS) is 16.9. The summed E-state index contributed by atoms with van der Waals surface area (Å²) in [7, 11) is -1.81. The minimum atomic E-state index is -3.37. The van der Waals surface area contributed by atoms with Gasteiger partial charge in [-0.15, -0.1) is 0 Å². The maximum Gasteiger partial charge on any atom is 0.241 e. The van der Waals surface area contributed by atoms with Crippen molar-refractivity contribution < 1.29 is 17.9 Å². The third kappa shape index (κ3) is 5.35. The van der Waals surface area contributed by atoms with Crippen LogP contribution in [0.1, 0.15) is 12.5 Å². The number of methoxy groups -OCH3 is 1. The second-order valence-electron chi connectivity index (χ2n) is 7.04. The minimum Gasteiger partial charge on any atom is -0.495 e. The molecule has 0 saturated carbocycles. The molecule has 1 aliphatic heterocycles. The monoisotopic (exact) mass is 417 g/mol. The summed E-state index contributed by atoms with van der Waals surface area (Å²) < 4.78 is 32.2. The lowest BCUT2D eigenvalue weighted by atomic mass is 10.2. The largest absolute Gasteiger partial charge is 0.495 e. The molecule has 0 aliphatic carbocycles. The smallest absolute Gasteiger partial charge is 0.241 e. The van der Waals surface area contributed by atoms with Gasteiger partial charge in [-0.3, -0.25) is 9.69 Å². The van der Waals surface area contributed by atoms with Gasteiger partial charge in [0, 0.05) is 26.2 Å². The van der Waals surface area contributed by atoms with Gasteiger partial charge in [0.15, 0.2) is 0 Å². The Labute approximate surface area is 172 Å². The number of hydrogen-bond acceptors (Lipinski definition) is 5. The number of rotatable bonds is 7. The topological polar surface area (TPSA) is 79.0 Å². The molecule has 3 rings (SSSR count). The van der Waals surface area contributed by atoms with Crippen molar-refractivity contribution >= 4 is 21.6 Å². The fourth-order valence-corrected chi connectivity index (χ4v) is 4.91. The Morgan fingerprint density at radius 1 is 1.03 bits per heavy atom. The molecule has 156 valence electrons. The first-order valence-electron chi connectivity index (χ1n) is 9.60. The molecule has 7 nitrogen and oxygen atoms in total. The molecule has 0 radical (unpaired) electrons. The van der Waals surface area contributed by atoms with Gasteiger partial charge >= 0.3 is 0 Å². The fraction of sp³-hybridized carbons (Fsp3) is 0.381. The predicted octanol–water partition coefficient (Wildman–Crippen LogP) is 2.17. The third-order valence-corrected chi connectivity index (χ3v) is 7.00. The summed E-state index contributed by atoms with van der Waals surface area (Å²) in [5.41, 5.74) is 1.40. The lowest BCUT2D eigenvalue weighted by molar-refractivity contribution is -0.121. The van der Waals surface area contributed by atoms with E-state index in [1.54, 1.807) is 19.2 Å². The zero-order chi connectivity index (χ0) is 20.9. The number of para-hydroxylation sites is 2. The van der Waals surface area contributed by atoms with E-state index in [9.17, 15) is 13.2 Å². The molecule has 1 amide bonds. The van der Waals surface area contributed by atoms with E-state index in [1.165, 1.54) is 4.31 Å². The van der Waals surface area contributed by atoms with Crippen molar-refractivity contribution in [3.63, 3.8) is 0 Å². The Balaban J connectivity index is 1.56. The van der Waals surface area contributed by atoms with E-state index >= 15 is 0 Å². The highest BCUT2D eigenvalue weighted by atomic mass is 32.2. The number of hydrogen-bond donors (Lipinski definition) is 1. The van der Waals surface area contributed by atoms with Gasteiger partial charge < -0.3 is 10.1 Å². The molecule has 1 fully saturated rings. The summed E-state index contributed by atoms with van der Waals surface area (Å²) >= 11 is 0. The highest BCUT2D eigenvalue weighted by Crippen LogP contribution is 2.23. The van der Waals surface area contributed by atoms with Crippen molar-refractivity contribution in [2.75, 3.05) is 38.6 Å². The van der Waals surface area contributed by atoms with E-state index in [0.29, 0.717) is 37.6 Å². The molecule has 0 spiro atoms. The molecular formula is C21H27N3O4S. The Hall–Kier alpha value is -2.42. The number of carbonyl (C=O) groups excluding carboxylic acids is 1. The zero-order valence-corrected chi connectivity index (χ0v) is 17.6. The minimum absolute atomic E-state index is 0.00230. The maximum atomic E-state index is 12.7. The molecule has 1 heterocycles. The summed E-state index contributed by atoms with van der Waals surface area (Å²) in [6.07, 6.45) is 0. The van der Waals surface area contributed by atoms with E-state index in [4.69, 9.17) is 4.74 Å². The maximum absolute atomic E-state index is 12.7. The van der Waals surface area contributed by atoms with Crippen molar-refractivity contribution in [3.8, 4) is 5.75 Å². The molecule has 2 aromatic rings. The molecule has 2 aromatic carbocycles.